The van der Waals surface area contributed by atoms with Crippen LogP contribution in [-0.2, 0) is 16.6 Å². The molecule has 0 amide bonds. The van der Waals surface area contributed by atoms with Crippen molar-refractivity contribution in [3.63, 3.8) is 0 Å². The number of thioether (sulfide) groups is 1. The Bertz CT molecular complexity index is 563. The van der Waals surface area contributed by atoms with Crippen LogP contribution in [0, 0.1) is 6.92 Å². The van der Waals surface area contributed by atoms with Gasteiger partial charge >= 0.3 is 5.97 Å². The van der Waals surface area contributed by atoms with E-state index in [1.807, 2.05) is 13.0 Å². The average molecular weight is 268 g/mol. The molecule has 8 heteroatoms. The number of hydrogen-bond donors (Lipinski definition) is 0. The van der Waals surface area contributed by atoms with Gasteiger partial charge in [0.05, 0.1) is 12.8 Å². The normalized spacial score (nSPS) is 10.6. The van der Waals surface area contributed by atoms with Gasteiger partial charge in [0.15, 0.2) is 0 Å². The highest BCUT2D eigenvalue weighted by molar-refractivity contribution is 7.99. The van der Waals surface area contributed by atoms with E-state index in [1.165, 1.54) is 7.11 Å². The maximum absolute atomic E-state index is 11.0. The number of carbonyl (C=O) groups excluding carboxylic acids is 1. The van der Waals surface area contributed by atoms with E-state index < -0.39 is 0 Å². The number of aryl methyl sites for hydroxylation is 2. The van der Waals surface area contributed by atoms with Crippen LogP contribution in [0.25, 0.3) is 11.6 Å². The molecule has 0 spiro atoms. The molecule has 7 nitrogen and oxygen atoms in total. The van der Waals surface area contributed by atoms with Gasteiger partial charge in [0.25, 0.3) is 11.1 Å². The SMILES string of the molecule is COC(=O)CSc1nnc(-c2cc(C)nn2C)o1. The minimum absolute atomic E-state index is 0.141. The monoisotopic (exact) mass is 268 g/mol. The summed E-state index contributed by atoms with van der Waals surface area (Å²) in [6.45, 7) is 1.88. The topological polar surface area (TPSA) is 83.0 Å². The van der Waals surface area contributed by atoms with E-state index in [1.54, 1.807) is 11.7 Å². The standard InChI is InChI=1S/C10H12N4O3S/c1-6-4-7(14(2)13-6)9-11-12-10(17-9)18-5-8(15)16-3/h4H,5H2,1-3H3. The largest absolute Gasteiger partial charge is 0.468 e. The smallest absolute Gasteiger partial charge is 0.316 e. The molecular weight excluding hydrogens is 256 g/mol. The summed E-state index contributed by atoms with van der Waals surface area (Å²) in [4.78, 5) is 11.0. The first-order valence-electron chi connectivity index (χ1n) is 5.14. The number of carbonyl (C=O) groups is 1. The Balaban J connectivity index is 2.11. The molecule has 0 saturated heterocycles. The number of ether oxygens (including phenoxy) is 1. The molecule has 2 aromatic heterocycles. The van der Waals surface area contributed by atoms with E-state index in [0.29, 0.717) is 11.1 Å². The maximum Gasteiger partial charge on any atom is 0.316 e. The van der Waals surface area contributed by atoms with E-state index in [4.69, 9.17) is 4.42 Å². The summed E-state index contributed by atoms with van der Waals surface area (Å²) in [5, 5.41) is 12.3. The molecule has 2 rings (SSSR count). The average Bonchev–Trinajstić information content (AvgIpc) is 2.92. The van der Waals surface area contributed by atoms with Gasteiger partial charge in [0, 0.05) is 7.05 Å². The quantitative estimate of drug-likeness (QED) is 0.605. The number of methoxy groups -OCH3 is 1. The zero-order chi connectivity index (χ0) is 13.1. The lowest BCUT2D eigenvalue weighted by atomic mass is 10.4. The fraction of sp³-hybridized carbons (Fsp3) is 0.400. The summed E-state index contributed by atoms with van der Waals surface area (Å²) in [7, 11) is 3.13. The van der Waals surface area contributed by atoms with Gasteiger partial charge in [-0.2, -0.15) is 5.10 Å². The van der Waals surface area contributed by atoms with Crippen molar-refractivity contribution >= 4 is 17.7 Å². The number of rotatable bonds is 4. The van der Waals surface area contributed by atoms with Crippen molar-refractivity contribution < 1.29 is 13.9 Å². The lowest BCUT2D eigenvalue weighted by molar-refractivity contribution is -0.137. The van der Waals surface area contributed by atoms with Crippen LogP contribution in [0.2, 0.25) is 0 Å². The zero-order valence-electron chi connectivity index (χ0n) is 10.2. The Labute approximate surface area is 108 Å². The molecule has 18 heavy (non-hydrogen) atoms. The van der Waals surface area contributed by atoms with Gasteiger partial charge in [-0.05, 0) is 13.0 Å². The minimum Gasteiger partial charge on any atom is -0.468 e. The Morgan fingerprint density at radius 3 is 2.94 bits per heavy atom. The van der Waals surface area contributed by atoms with Gasteiger partial charge in [-0.25, -0.2) is 0 Å². The van der Waals surface area contributed by atoms with Gasteiger partial charge in [0.1, 0.15) is 11.4 Å². The Hall–Kier alpha value is -1.83. The van der Waals surface area contributed by atoms with E-state index in [9.17, 15) is 4.79 Å². The van der Waals surface area contributed by atoms with Crippen molar-refractivity contribution in [2.75, 3.05) is 12.9 Å². The molecule has 0 aliphatic heterocycles. The highest BCUT2D eigenvalue weighted by atomic mass is 32.2. The van der Waals surface area contributed by atoms with Crippen LogP contribution in [0.4, 0.5) is 0 Å². The molecule has 0 atom stereocenters. The zero-order valence-corrected chi connectivity index (χ0v) is 11.0. The van der Waals surface area contributed by atoms with Gasteiger partial charge < -0.3 is 9.15 Å². The summed E-state index contributed by atoms with van der Waals surface area (Å²) in [6.07, 6.45) is 0. The van der Waals surface area contributed by atoms with Crippen LogP contribution in [0.5, 0.6) is 0 Å². The summed E-state index contributed by atoms with van der Waals surface area (Å²) >= 11 is 1.14. The van der Waals surface area contributed by atoms with Crippen LogP contribution in [0.15, 0.2) is 15.7 Å². The molecule has 2 heterocycles. The summed E-state index contributed by atoms with van der Waals surface area (Å²) in [6, 6.07) is 1.85. The van der Waals surface area contributed by atoms with Crippen molar-refractivity contribution in [3.05, 3.63) is 11.8 Å². The number of esters is 1. The second kappa shape index (κ2) is 5.21. The van der Waals surface area contributed by atoms with E-state index >= 15 is 0 Å². The van der Waals surface area contributed by atoms with Crippen LogP contribution in [-0.4, -0.2) is 38.8 Å². The van der Waals surface area contributed by atoms with Crippen molar-refractivity contribution in [2.45, 2.75) is 12.1 Å². The molecule has 0 aliphatic rings. The highest BCUT2D eigenvalue weighted by Gasteiger charge is 2.14. The van der Waals surface area contributed by atoms with Crippen LogP contribution in [0.3, 0.4) is 0 Å². The predicted molar refractivity (Wildman–Crippen MR) is 64.0 cm³/mol. The van der Waals surface area contributed by atoms with Crippen LogP contribution in [0.1, 0.15) is 5.69 Å². The molecule has 0 aromatic carbocycles. The molecule has 0 aliphatic carbocycles. The van der Waals surface area contributed by atoms with E-state index in [-0.39, 0.29) is 11.7 Å². The Morgan fingerprint density at radius 2 is 2.33 bits per heavy atom. The minimum atomic E-state index is -0.337. The van der Waals surface area contributed by atoms with Crippen molar-refractivity contribution in [2.24, 2.45) is 7.05 Å². The molecule has 0 fully saturated rings. The molecule has 0 radical (unpaired) electrons. The molecule has 2 aromatic rings. The summed E-state index contributed by atoms with van der Waals surface area (Å²) in [5.41, 5.74) is 1.61. The Kier molecular flexibility index (Phi) is 3.66. The first-order chi connectivity index (χ1) is 8.60. The van der Waals surface area contributed by atoms with E-state index in [2.05, 4.69) is 20.0 Å². The van der Waals surface area contributed by atoms with Crippen LogP contribution >= 0.6 is 11.8 Å². The van der Waals surface area contributed by atoms with E-state index in [0.717, 1.165) is 23.1 Å². The number of aromatic nitrogens is 4. The first kappa shape index (κ1) is 12.6. The number of hydrogen-bond acceptors (Lipinski definition) is 7. The molecule has 0 N–H and O–H groups in total. The van der Waals surface area contributed by atoms with Crippen LogP contribution < -0.4 is 0 Å². The fourth-order valence-corrected chi connectivity index (χ4v) is 1.96. The molecule has 0 saturated carbocycles. The molecular formula is C10H12N4O3S. The second-order valence-electron chi connectivity index (χ2n) is 3.53. The van der Waals surface area contributed by atoms with Gasteiger partial charge in [-0.15, -0.1) is 10.2 Å². The van der Waals surface area contributed by atoms with Crippen molar-refractivity contribution in [1.82, 2.24) is 20.0 Å². The van der Waals surface area contributed by atoms with Gasteiger partial charge in [-0.1, -0.05) is 11.8 Å². The molecule has 0 unspecified atom stereocenters. The first-order valence-corrected chi connectivity index (χ1v) is 6.13. The third-order valence-electron chi connectivity index (χ3n) is 2.17. The van der Waals surface area contributed by atoms with Crippen molar-refractivity contribution in [1.29, 1.82) is 0 Å². The third-order valence-corrected chi connectivity index (χ3v) is 2.96. The number of nitrogens with zero attached hydrogens (tertiary/aromatic N) is 4. The Morgan fingerprint density at radius 1 is 1.56 bits per heavy atom. The maximum atomic E-state index is 11.0. The predicted octanol–water partition coefficient (Wildman–Crippen LogP) is 1.04. The summed E-state index contributed by atoms with van der Waals surface area (Å²) < 4.78 is 11.6. The highest BCUT2D eigenvalue weighted by Crippen LogP contribution is 2.23. The lowest BCUT2D eigenvalue weighted by Crippen LogP contribution is -2.02. The van der Waals surface area contributed by atoms with Crippen molar-refractivity contribution in [3.8, 4) is 11.6 Å². The molecule has 0 bridgehead atoms. The lowest BCUT2D eigenvalue weighted by Gasteiger charge is -1.95. The fourth-order valence-electron chi connectivity index (χ4n) is 1.36. The molecule has 96 valence electrons. The summed E-state index contributed by atoms with van der Waals surface area (Å²) in [5.74, 6) is 0.185. The second-order valence-corrected chi connectivity index (χ2v) is 4.46. The van der Waals surface area contributed by atoms with Gasteiger partial charge in [-0.3, -0.25) is 9.48 Å². The van der Waals surface area contributed by atoms with Gasteiger partial charge in [0.2, 0.25) is 0 Å². The third kappa shape index (κ3) is 2.70.